The number of rotatable bonds is 3. The fourth-order valence-electron chi connectivity index (χ4n) is 2.48. The van der Waals surface area contributed by atoms with Crippen molar-refractivity contribution in [2.45, 2.75) is 31.7 Å². The van der Waals surface area contributed by atoms with Crippen molar-refractivity contribution in [3.63, 3.8) is 0 Å². The number of nitrogens with zero attached hydrogens (tertiary/aromatic N) is 2. The molecule has 0 amide bonds. The first-order valence-corrected chi connectivity index (χ1v) is 7.74. The predicted molar refractivity (Wildman–Crippen MR) is 76.1 cm³/mol. The lowest BCUT2D eigenvalue weighted by molar-refractivity contribution is 0.112. The first-order valence-electron chi connectivity index (χ1n) is 6.06. The van der Waals surface area contributed by atoms with Crippen LogP contribution in [0, 0.1) is 0 Å². The highest BCUT2D eigenvalue weighted by atomic mass is 79.9. The number of carbonyl (C=O) groups is 1. The molecule has 0 bridgehead atoms. The van der Waals surface area contributed by atoms with Crippen LogP contribution >= 0.6 is 27.3 Å². The zero-order valence-electron chi connectivity index (χ0n) is 9.80. The van der Waals surface area contributed by atoms with Crippen LogP contribution in [0.15, 0.2) is 22.1 Å². The predicted octanol–water partition coefficient (Wildman–Crippen LogP) is 4.30. The maximum absolute atomic E-state index is 11.2. The van der Waals surface area contributed by atoms with Gasteiger partial charge in [0, 0.05) is 16.0 Å². The number of thiophene rings is 1. The molecule has 1 fully saturated rings. The number of hydrogen-bond donors (Lipinski definition) is 0. The lowest BCUT2D eigenvalue weighted by Crippen LogP contribution is -2.04. The molecule has 2 heterocycles. The van der Waals surface area contributed by atoms with Crippen LogP contribution in [-0.2, 0) is 0 Å². The number of halogens is 1. The Hall–Kier alpha value is -0.940. The summed E-state index contributed by atoms with van der Waals surface area (Å²) in [6, 6.07) is 2.49. The Bertz CT molecular complexity index is 569. The first kappa shape index (κ1) is 12.1. The van der Waals surface area contributed by atoms with Gasteiger partial charge in [0.05, 0.1) is 16.5 Å². The minimum Gasteiger partial charge on any atom is -0.298 e. The van der Waals surface area contributed by atoms with E-state index in [1.165, 1.54) is 25.7 Å². The van der Waals surface area contributed by atoms with Crippen molar-refractivity contribution in [2.24, 2.45) is 0 Å². The largest absolute Gasteiger partial charge is 0.298 e. The molecule has 0 N–H and O–H groups in total. The van der Waals surface area contributed by atoms with Crippen molar-refractivity contribution in [1.82, 2.24) is 9.78 Å². The van der Waals surface area contributed by atoms with Gasteiger partial charge in [0.2, 0.25) is 0 Å². The molecule has 1 aliphatic carbocycles. The average molecular weight is 325 g/mol. The highest BCUT2D eigenvalue weighted by molar-refractivity contribution is 9.10. The van der Waals surface area contributed by atoms with Crippen molar-refractivity contribution >= 4 is 33.6 Å². The second kappa shape index (κ2) is 4.97. The van der Waals surface area contributed by atoms with Gasteiger partial charge in [0.25, 0.3) is 0 Å². The van der Waals surface area contributed by atoms with E-state index in [2.05, 4.69) is 21.0 Å². The van der Waals surface area contributed by atoms with E-state index >= 15 is 0 Å². The van der Waals surface area contributed by atoms with Gasteiger partial charge in [0.1, 0.15) is 5.69 Å². The van der Waals surface area contributed by atoms with Gasteiger partial charge >= 0.3 is 0 Å². The van der Waals surface area contributed by atoms with Gasteiger partial charge < -0.3 is 0 Å². The summed E-state index contributed by atoms with van der Waals surface area (Å²) in [7, 11) is 0. The molecule has 3 rings (SSSR count). The third kappa shape index (κ3) is 2.17. The average Bonchev–Trinajstić information content (AvgIpc) is 3.07. The van der Waals surface area contributed by atoms with E-state index in [9.17, 15) is 4.79 Å². The molecule has 1 saturated carbocycles. The summed E-state index contributed by atoms with van der Waals surface area (Å²) in [5.74, 6) is 0. The Morgan fingerprint density at radius 1 is 1.44 bits per heavy atom. The minimum atomic E-state index is 0.473. The molecule has 0 aliphatic heterocycles. The van der Waals surface area contributed by atoms with Crippen LogP contribution in [0.3, 0.4) is 0 Å². The molecule has 1 aliphatic rings. The fraction of sp³-hybridized carbons (Fsp3) is 0.385. The van der Waals surface area contributed by atoms with E-state index in [4.69, 9.17) is 0 Å². The topological polar surface area (TPSA) is 34.9 Å². The number of carbonyl (C=O) groups excluding carboxylic acids is 1. The Kier molecular flexibility index (Phi) is 3.35. The summed E-state index contributed by atoms with van der Waals surface area (Å²) in [5, 5.41) is 6.63. The molecular formula is C13H13BrN2OS. The fourth-order valence-corrected chi connectivity index (χ4v) is 3.91. The molecule has 18 heavy (non-hydrogen) atoms. The lowest BCUT2D eigenvalue weighted by Gasteiger charge is -2.08. The number of aldehydes is 1. The van der Waals surface area contributed by atoms with Gasteiger partial charge in [-0.15, -0.1) is 11.3 Å². The molecule has 2 aromatic rings. The van der Waals surface area contributed by atoms with Crippen molar-refractivity contribution in [1.29, 1.82) is 0 Å². The van der Waals surface area contributed by atoms with E-state index in [1.807, 2.05) is 22.3 Å². The van der Waals surface area contributed by atoms with Crippen LogP contribution in [0.25, 0.3) is 10.6 Å². The summed E-state index contributed by atoms with van der Waals surface area (Å²) in [5.41, 5.74) is 1.50. The first-order chi connectivity index (χ1) is 8.78. The quantitative estimate of drug-likeness (QED) is 0.789. The molecule has 0 atom stereocenters. The van der Waals surface area contributed by atoms with Crippen molar-refractivity contribution in [3.05, 3.63) is 27.7 Å². The highest BCUT2D eigenvalue weighted by Gasteiger charge is 2.20. The summed E-state index contributed by atoms with van der Waals surface area (Å²) in [6.07, 6.45) is 7.68. The Balaban J connectivity index is 2.00. The standard InChI is InChI=1S/C13H13BrN2OS/c14-10-5-12(18-8-10)13-9(7-17)6-16(15-13)11-3-1-2-4-11/h5-8,11H,1-4H2. The Morgan fingerprint density at radius 3 is 2.83 bits per heavy atom. The van der Waals surface area contributed by atoms with Crippen LogP contribution in [0.4, 0.5) is 0 Å². The van der Waals surface area contributed by atoms with Gasteiger partial charge in [-0.25, -0.2) is 0 Å². The second-order valence-electron chi connectivity index (χ2n) is 4.60. The third-order valence-corrected chi connectivity index (χ3v) is 5.08. The van der Waals surface area contributed by atoms with Gasteiger partial charge in [-0.3, -0.25) is 9.48 Å². The van der Waals surface area contributed by atoms with Gasteiger partial charge in [-0.1, -0.05) is 12.8 Å². The highest BCUT2D eigenvalue weighted by Crippen LogP contribution is 2.34. The zero-order valence-corrected chi connectivity index (χ0v) is 12.2. The summed E-state index contributed by atoms with van der Waals surface area (Å²) in [6.45, 7) is 0. The molecule has 2 aromatic heterocycles. The maximum atomic E-state index is 11.2. The van der Waals surface area contributed by atoms with Crippen LogP contribution < -0.4 is 0 Å². The molecule has 94 valence electrons. The minimum absolute atomic E-state index is 0.473. The van der Waals surface area contributed by atoms with E-state index in [-0.39, 0.29) is 0 Å². The molecule has 0 radical (unpaired) electrons. The van der Waals surface area contributed by atoms with Crippen molar-refractivity contribution in [3.8, 4) is 10.6 Å². The van der Waals surface area contributed by atoms with Crippen LogP contribution in [0.1, 0.15) is 42.1 Å². The monoisotopic (exact) mass is 324 g/mol. The lowest BCUT2D eigenvalue weighted by atomic mass is 10.2. The van der Waals surface area contributed by atoms with Crippen LogP contribution in [0.2, 0.25) is 0 Å². The summed E-state index contributed by atoms with van der Waals surface area (Å²) < 4.78 is 3.02. The number of aromatic nitrogens is 2. The summed E-state index contributed by atoms with van der Waals surface area (Å²) >= 11 is 5.04. The molecule has 0 saturated heterocycles. The SMILES string of the molecule is O=Cc1cn(C2CCCC2)nc1-c1cc(Br)cs1. The Labute approximate surface area is 118 Å². The van der Waals surface area contributed by atoms with Gasteiger partial charge in [-0.05, 0) is 34.8 Å². The molecule has 3 nitrogen and oxygen atoms in total. The maximum Gasteiger partial charge on any atom is 0.153 e. The van der Waals surface area contributed by atoms with E-state index in [0.29, 0.717) is 11.6 Å². The van der Waals surface area contributed by atoms with Gasteiger partial charge in [0.15, 0.2) is 6.29 Å². The number of hydrogen-bond acceptors (Lipinski definition) is 3. The molecular weight excluding hydrogens is 312 g/mol. The van der Waals surface area contributed by atoms with Crippen LogP contribution in [-0.4, -0.2) is 16.1 Å². The Morgan fingerprint density at radius 2 is 2.22 bits per heavy atom. The second-order valence-corrected chi connectivity index (χ2v) is 6.43. The van der Waals surface area contributed by atoms with Crippen LogP contribution in [0.5, 0.6) is 0 Å². The smallest absolute Gasteiger partial charge is 0.153 e. The normalized spacial score (nSPS) is 16.3. The van der Waals surface area contributed by atoms with E-state index in [1.54, 1.807) is 11.3 Å². The van der Waals surface area contributed by atoms with Gasteiger partial charge in [-0.2, -0.15) is 5.10 Å². The van der Waals surface area contributed by atoms with E-state index < -0.39 is 0 Å². The molecule has 0 spiro atoms. The molecule has 5 heteroatoms. The van der Waals surface area contributed by atoms with E-state index in [0.717, 1.165) is 21.3 Å². The van der Waals surface area contributed by atoms with Crippen molar-refractivity contribution < 1.29 is 4.79 Å². The molecule has 0 unspecified atom stereocenters. The molecule has 0 aromatic carbocycles. The van der Waals surface area contributed by atoms with Crippen molar-refractivity contribution in [2.75, 3.05) is 0 Å². The third-order valence-electron chi connectivity index (χ3n) is 3.39. The zero-order chi connectivity index (χ0) is 12.5. The summed E-state index contributed by atoms with van der Waals surface area (Å²) in [4.78, 5) is 12.2.